The molecule has 1 aromatic rings. The van der Waals surface area contributed by atoms with Crippen LogP contribution in [0.2, 0.25) is 5.02 Å². The van der Waals surface area contributed by atoms with Gasteiger partial charge in [-0.1, -0.05) is 36.9 Å². The number of carbonyl (C=O) groups excluding carboxylic acids is 1. The Hall–Kier alpha value is -1.11. The lowest BCUT2D eigenvalue weighted by Crippen LogP contribution is -2.48. The lowest BCUT2D eigenvalue weighted by molar-refractivity contribution is -0.126. The Balaban J connectivity index is 1.59. The quantitative estimate of drug-likeness (QED) is 0.844. The van der Waals surface area contributed by atoms with Gasteiger partial charge in [0.15, 0.2) is 0 Å². The fourth-order valence-corrected chi connectivity index (χ4v) is 5.87. The molecule has 144 valence electrons. The summed E-state index contributed by atoms with van der Waals surface area (Å²) < 4.78 is 27.3. The summed E-state index contributed by atoms with van der Waals surface area (Å²) in [5.41, 5.74) is 0.696. The smallest absolute Gasteiger partial charge is 0.243 e. The van der Waals surface area contributed by atoms with Crippen molar-refractivity contribution in [2.75, 3.05) is 13.1 Å². The predicted molar refractivity (Wildman–Crippen MR) is 103 cm³/mol. The van der Waals surface area contributed by atoms with Gasteiger partial charge >= 0.3 is 0 Å². The predicted octanol–water partition coefficient (Wildman–Crippen LogP) is 3.50. The maximum Gasteiger partial charge on any atom is 0.243 e. The number of aryl methyl sites for hydroxylation is 1. The largest absolute Gasteiger partial charge is 0.353 e. The third-order valence-electron chi connectivity index (χ3n) is 5.54. The molecule has 0 radical (unpaired) electrons. The molecule has 5 nitrogen and oxygen atoms in total. The Morgan fingerprint density at radius 3 is 2.42 bits per heavy atom. The topological polar surface area (TPSA) is 66.5 Å². The van der Waals surface area contributed by atoms with Gasteiger partial charge in [-0.05, 0) is 50.3 Å². The number of hydrogen-bond acceptors (Lipinski definition) is 3. The highest BCUT2D eigenvalue weighted by atomic mass is 35.5. The van der Waals surface area contributed by atoms with Crippen molar-refractivity contribution in [2.45, 2.75) is 62.8 Å². The van der Waals surface area contributed by atoms with Crippen LogP contribution in [0.3, 0.4) is 0 Å². The van der Waals surface area contributed by atoms with Crippen LogP contribution in [0.1, 0.15) is 50.5 Å². The minimum Gasteiger partial charge on any atom is -0.353 e. The summed E-state index contributed by atoms with van der Waals surface area (Å²) in [6, 6.07) is 5.01. The molecule has 7 heteroatoms. The number of piperidine rings is 1. The number of sulfonamides is 1. The molecule has 0 atom stereocenters. The molecule has 1 aliphatic carbocycles. The molecular formula is C19H27ClN2O3S. The molecule has 1 heterocycles. The molecule has 1 aromatic carbocycles. The van der Waals surface area contributed by atoms with E-state index in [1.54, 1.807) is 19.1 Å². The summed E-state index contributed by atoms with van der Waals surface area (Å²) in [6.07, 6.45) is 6.75. The third kappa shape index (κ3) is 4.41. The molecule has 0 aromatic heterocycles. The van der Waals surface area contributed by atoms with Crippen LogP contribution in [0.5, 0.6) is 0 Å². The third-order valence-corrected chi connectivity index (χ3v) is 7.82. The molecule has 26 heavy (non-hydrogen) atoms. The average Bonchev–Trinajstić information content (AvgIpc) is 2.65. The van der Waals surface area contributed by atoms with Crippen LogP contribution in [-0.4, -0.2) is 37.8 Å². The standard InChI is InChI=1S/C19H27ClN2O3S/c1-14-7-8-16(20)13-18(14)26(24,25)22-11-9-17(10-12-22)21-19(23)15-5-3-2-4-6-15/h7-8,13,15,17H,2-6,9-12H2,1H3,(H,21,23). The number of rotatable bonds is 4. The summed E-state index contributed by atoms with van der Waals surface area (Å²) in [5, 5.41) is 3.56. The fourth-order valence-electron chi connectivity index (χ4n) is 3.92. The summed E-state index contributed by atoms with van der Waals surface area (Å²) in [7, 11) is -3.55. The summed E-state index contributed by atoms with van der Waals surface area (Å²) in [6.45, 7) is 2.62. The zero-order chi connectivity index (χ0) is 18.7. The molecule has 0 unspecified atom stereocenters. The maximum absolute atomic E-state index is 12.9. The Bertz CT molecular complexity index is 752. The van der Waals surface area contributed by atoms with E-state index >= 15 is 0 Å². The van der Waals surface area contributed by atoms with Crippen LogP contribution in [0, 0.1) is 12.8 Å². The van der Waals surface area contributed by atoms with Crippen LogP contribution in [0.15, 0.2) is 23.1 Å². The van der Waals surface area contributed by atoms with Crippen molar-refractivity contribution < 1.29 is 13.2 Å². The van der Waals surface area contributed by atoms with E-state index in [1.807, 2.05) is 0 Å². The van der Waals surface area contributed by atoms with Crippen molar-refractivity contribution >= 4 is 27.5 Å². The molecule has 1 saturated heterocycles. The van der Waals surface area contributed by atoms with Crippen molar-refractivity contribution in [3.8, 4) is 0 Å². The zero-order valence-electron chi connectivity index (χ0n) is 15.2. The molecule has 3 rings (SSSR count). The van der Waals surface area contributed by atoms with Crippen molar-refractivity contribution in [3.05, 3.63) is 28.8 Å². The van der Waals surface area contributed by atoms with Crippen molar-refractivity contribution in [1.29, 1.82) is 0 Å². The minimum atomic E-state index is -3.55. The van der Waals surface area contributed by atoms with Gasteiger partial charge in [0.05, 0.1) is 4.90 Å². The summed E-state index contributed by atoms with van der Waals surface area (Å²) in [4.78, 5) is 12.7. The number of amides is 1. The van der Waals surface area contributed by atoms with Crippen molar-refractivity contribution in [1.82, 2.24) is 9.62 Å². The van der Waals surface area contributed by atoms with E-state index in [-0.39, 0.29) is 22.8 Å². The van der Waals surface area contributed by atoms with E-state index in [0.717, 1.165) is 25.7 Å². The number of hydrogen-bond donors (Lipinski definition) is 1. The molecule has 2 fully saturated rings. The number of halogens is 1. The van der Waals surface area contributed by atoms with Crippen molar-refractivity contribution in [3.63, 3.8) is 0 Å². The first-order valence-electron chi connectivity index (χ1n) is 9.44. The Labute approximate surface area is 161 Å². The number of nitrogens with zero attached hydrogens (tertiary/aromatic N) is 1. The average molecular weight is 399 g/mol. The first kappa shape index (κ1) is 19.6. The number of nitrogens with one attached hydrogen (secondary N) is 1. The summed E-state index contributed by atoms with van der Waals surface area (Å²) in [5.74, 6) is 0.288. The van der Waals surface area contributed by atoms with E-state index in [2.05, 4.69) is 5.32 Å². The van der Waals surface area contributed by atoms with E-state index in [1.165, 1.54) is 16.8 Å². The lowest BCUT2D eigenvalue weighted by Gasteiger charge is -2.33. The highest BCUT2D eigenvalue weighted by Gasteiger charge is 2.32. The molecule has 1 saturated carbocycles. The number of carbonyl (C=O) groups is 1. The van der Waals surface area contributed by atoms with E-state index < -0.39 is 10.0 Å². The van der Waals surface area contributed by atoms with Gasteiger partial charge in [0.25, 0.3) is 0 Å². The van der Waals surface area contributed by atoms with E-state index in [4.69, 9.17) is 11.6 Å². The molecule has 0 spiro atoms. The second-order valence-electron chi connectivity index (χ2n) is 7.43. The Morgan fingerprint density at radius 2 is 1.77 bits per heavy atom. The molecule has 1 amide bonds. The second kappa shape index (κ2) is 8.28. The van der Waals surface area contributed by atoms with Gasteiger partial charge in [-0.3, -0.25) is 4.79 Å². The number of benzene rings is 1. The Morgan fingerprint density at radius 1 is 1.12 bits per heavy atom. The van der Waals surface area contributed by atoms with Gasteiger partial charge < -0.3 is 5.32 Å². The SMILES string of the molecule is Cc1ccc(Cl)cc1S(=O)(=O)N1CCC(NC(=O)C2CCCCC2)CC1. The van der Waals surface area contributed by atoms with Gasteiger partial charge in [0.2, 0.25) is 15.9 Å². The molecular weight excluding hydrogens is 372 g/mol. The minimum absolute atomic E-state index is 0.0661. The molecule has 2 aliphatic rings. The highest BCUT2D eigenvalue weighted by molar-refractivity contribution is 7.89. The van der Waals surface area contributed by atoms with Gasteiger partial charge in [-0.15, -0.1) is 0 Å². The van der Waals surface area contributed by atoms with Crippen LogP contribution >= 0.6 is 11.6 Å². The van der Waals surface area contributed by atoms with Crippen LogP contribution in [0.25, 0.3) is 0 Å². The monoisotopic (exact) mass is 398 g/mol. The lowest BCUT2D eigenvalue weighted by atomic mass is 9.88. The maximum atomic E-state index is 12.9. The zero-order valence-corrected chi connectivity index (χ0v) is 16.8. The van der Waals surface area contributed by atoms with E-state index in [9.17, 15) is 13.2 Å². The van der Waals surface area contributed by atoms with Crippen molar-refractivity contribution in [2.24, 2.45) is 5.92 Å². The van der Waals surface area contributed by atoms with Gasteiger partial charge in [-0.2, -0.15) is 4.31 Å². The fraction of sp³-hybridized carbons (Fsp3) is 0.632. The van der Waals surface area contributed by atoms with Gasteiger partial charge in [0, 0.05) is 30.1 Å². The van der Waals surface area contributed by atoms with Crippen LogP contribution < -0.4 is 5.32 Å². The summed E-state index contributed by atoms with van der Waals surface area (Å²) >= 11 is 5.99. The first-order valence-corrected chi connectivity index (χ1v) is 11.3. The second-order valence-corrected chi connectivity index (χ2v) is 9.77. The normalized spacial score (nSPS) is 20.8. The van der Waals surface area contributed by atoms with E-state index in [0.29, 0.717) is 36.5 Å². The van der Waals surface area contributed by atoms with Crippen LogP contribution in [-0.2, 0) is 14.8 Å². The highest BCUT2D eigenvalue weighted by Crippen LogP contribution is 2.27. The molecule has 1 aliphatic heterocycles. The molecule has 1 N–H and O–H groups in total. The van der Waals surface area contributed by atoms with Gasteiger partial charge in [0.1, 0.15) is 0 Å². The van der Waals surface area contributed by atoms with Gasteiger partial charge in [-0.25, -0.2) is 8.42 Å². The van der Waals surface area contributed by atoms with Crippen LogP contribution in [0.4, 0.5) is 0 Å². The molecule has 0 bridgehead atoms. The first-order chi connectivity index (χ1) is 12.4. The Kier molecular flexibility index (Phi) is 6.25.